The lowest BCUT2D eigenvalue weighted by Gasteiger charge is -2.17. The molecule has 1 heterocycles. The summed E-state index contributed by atoms with van der Waals surface area (Å²) in [5.41, 5.74) is 0.252. The fourth-order valence-electron chi connectivity index (χ4n) is 1.86. The molecule has 6 nitrogen and oxygen atoms in total. The summed E-state index contributed by atoms with van der Waals surface area (Å²) in [5.74, 6) is 0. The van der Waals surface area contributed by atoms with Crippen LogP contribution in [0.3, 0.4) is 0 Å². The average Bonchev–Trinajstić information content (AvgIpc) is 2.71. The van der Waals surface area contributed by atoms with E-state index in [0.29, 0.717) is 25.3 Å². The van der Waals surface area contributed by atoms with Crippen molar-refractivity contribution in [3.63, 3.8) is 0 Å². The lowest BCUT2D eigenvalue weighted by Crippen LogP contribution is -2.28. The minimum atomic E-state index is -3.54. The van der Waals surface area contributed by atoms with E-state index >= 15 is 0 Å². The Kier molecular flexibility index (Phi) is 5.95. The van der Waals surface area contributed by atoms with Gasteiger partial charge in [0.15, 0.2) is 0 Å². The van der Waals surface area contributed by atoms with Gasteiger partial charge >= 0.3 is 0 Å². The van der Waals surface area contributed by atoms with Crippen LogP contribution < -0.4 is 4.72 Å². The van der Waals surface area contributed by atoms with Gasteiger partial charge in [0.25, 0.3) is 0 Å². The molecule has 21 heavy (non-hydrogen) atoms. The fourth-order valence-corrected chi connectivity index (χ4v) is 3.32. The highest BCUT2D eigenvalue weighted by molar-refractivity contribution is 7.89. The van der Waals surface area contributed by atoms with Crippen molar-refractivity contribution in [2.45, 2.75) is 57.5 Å². The summed E-state index contributed by atoms with van der Waals surface area (Å²) >= 11 is 0. The number of sulfonamides is 1. The Morgan fingerprint density at radius 1 is 1.38 bits per heavy atom. The Labute approximate surface area is 127 Å². The Bertz CT molecular complexity index is 557. The summed E-state index contributed by atoms with van der Waals surface area (Å²) in [6, 6.07) is 0. The highest BCUT2D eigenvalue weighted by Crippen LogP contribution is 2.27. The second-order valence-corrected chi connectivity index (χ2v) is 8.17. The Morgan fingerprint density at radius 3 is 2.52 bits per heavy atom. The summed E-state index contributed by atoms with van der Waals surface area (Å²) in [6.45, 7) is 10.7. The number of ether oxygens (including phenoxy) is 1. The van der Waals surface area contributed by atoms with E-state index in [1.165, 1.54) is 4.68 Å². The molecule has 7 heteroatoms. The smallest absolute Gasteiger partial charge is 0.243 e. The molecule has 0 aliphatic rings. The molecule has 0 saturated carbocycles. The highest BCUT2D eigenvalue weighted by atomic mass is 32.2. The van der Waals surface area contributed by atoms with Crippen LogP contribution in [0.25, 0.3) is 0 Å². The summed E-state index contributed by atoms with van der Waals surface area (Å²) in [4.78, 5) is 0.252. The number of rotatable bonds is 7. The molecule has 0 spiro atoms. The highest BCUT2D eigenvalue weighted by Gasteiger charge is 2.29. The normalized spacial score (nSPS) is 13.1. The number of nitrogens with one attached hydrogen (secondary N) is 1. The van der Waals surface area contributed by atoms with Gasteiger partial charge in [-0.25, -0.2) is 13.1 Å². The first-order chi connectivity index (χ1) is 9.54. The monoisotopic (exact) mass is 317 g/mol. The molecule has 1 aromatic heterocycles. The Balaban J connectivity index is 2.75. The van der Waals surface area contributed by atoms with Crippen molar-refractivity contribution in [3.05, 3.63) is 11.9 Å². The molecule has 0 amide bonds. The molecule has 0 unspecified atom stereocenters. The molecular formula is C14H27N3O3S. The molecule has 0 saturated heterocycles. The predicted octanol–water partition coefficient (Wildman–Crippen LogP) is 1.81. The molecule has 0 fully saturated rings. The van der Waals surface area contributed by atoms with Crippen LogP contribution in [0.5, 0.6) is 0 Å². The maximum atomic E-state index is 12.4. The molecule has 1 aromatic rings. The zero-order valence-corrected chi connectivity index (χ0v) is 14.6. The van der Waals surface area contributed by atoms with Crippen LogP contribution in [0.4, 0.5) is 0 Å². The number of nitrogens with zero attached hydrogens (tertiary/aromatic N) is 2. The molecule has 0 aliphatic heterocycles. The number of hydrogen-bond donors (Lipinski definition) is 1. The summed E-state index contributed by atoms with van der Waals surface area (Å²) in [6.07, 6.45) is 2.35. The van der Waals surface area contributed by atoms with E-state index < -0.39 is 10.0 Å². The van der Waals surface area contributed by atoms with Crippen molar-refractivity contribution in [3.8, 4) is 0 Å². The van der Waals surface area contributed by atoms with Gasteiger partial charge in [-0.15, -0.1) is 0 Å². The van der Waals surface area contributed by atoms with Crippen molar-refractivity contribution in [2.75, 3.05) is 13.2 Å². The summed E-state index contributed by atoms with van der Waals surface area (Å²) in [7, 11) is -1.82. The van der Waals surface area contributed by atoms with Crippen molar-refractivity contribution < 1.29 is 13.2 Å². The van der Waals surface area contributed by atoms with Gasteiger partial charge in [0, 0.05) is 31.8 Å². The standard InChI is InChI=1S/C14H27N3O3S/c1-11(2)20-9-7-8-15-21(18,19)12-10-17(6)16-13(12)14(3,4)5/h10-11,15H,7-9H2,1-6H3. The molecule has 0 atom stereocenters. The molecular weight excluding hydrogens is 290 g/mol. The largest absolute Gasteiger partial charge is 0.379 e. The van der Waals surface area contributed by atoms with Crippen molar-refractivity contribution in [2.24, 2.45) is 7.05 Å². The SMILES string of the molecule is CC(C)OCCCNS(=O)(=O)c1cn(C)nc1C(C)(C)C. The van der Waals surface area contributed by atoms with E-state index in [-0.39, 0.29) is 16.4 Å². The second-order valence-electron chi connectivity index (χ2n) is 6.44. The van der Waals surface area contributed by atoms with E-state index in [2.05, 4.69) is 9.82 Å². The molecule has 0 radical (unpaired) electrons. The van der Waals surface area contributed by atoms with Crippen molar-refractivity contribution in [1.82, 2.24) is 14.5 Å². The first kappa shape index (κ1) is 18.1. The second kappa shape index (κ2) is 6.89. The Morgan fingerprint density at radius 2 is 2.00 bits per heavy atom. The van der Waals surface area contributed by atoms with Gasteiger partial charge in [-0.2, -0.15) is 5.10 Å². The van der Waals surface area contributed by atoms with E-state index in [9.17, 15) is 8.42 Å². The van der Waals surface area contributed by atoms with Gasteiger partial charge in [-0.3, -0.25) is 4.68 Å². The maximum Gasteiger partial charge on any atom is 0.243 e. The molecule has 1 N–H and O–H groups in total. The number of aryl methyl sites for hydroxylation is 1. The quantitative estimate of drug-likeness (QED) is 0.778. The van der Waals surface area contributed by atoms with Crippen LogP contribution in [0, 0.1) is 0 Å². The van der Waals surface area contributed by atoms with Crippen LogP contribution in [-0.2, 0) is 27.2 Å². The summed E-state index contributed by atoms with van der Waals surface area (Å²) in [5, 5.41) is 4.29. The molecule has 0 aromatic carbocycles. The summed E-state index contributed by atoms with van der Waals surface area (Å²) < 4.78 is 34.4. The third kappa shape index (κ3) is 5.41. The molecule has 1 rings (SSSR count). The van der Waals surface area contributed by atoms with Gasteiger partial charge in [0.2, 0.25) is 10.0 Å². The third-order valence-corrected chi connectivity index (χ3v) is 4.32. The minimum absolute atomic E-state index is 0.160. The van der Waals surface area contributed by atoms with Crippen LogP contribution in [0.15, 0.2) is 11.1 Å². The van der Waals surface area contributed by atoms with E-state index in [1.54, 1.807) is 13.2 Å². The van der Waals surface area contributed by atoms with Crippen molar-refractivity contribution in [1.29, 1.82) is 0 Å². The van der Waals surface area contributed by atoms with Crippen LogP contribution in [0.2, 0.25) is 0 Å². The average molecular weight is 317 g/mol. The molecule has 0 bridgehead atoms. The van der Waals surface area contributed by atoms with E-state index in [4.69, 9.17) is 4.74 Å². The predicted molar refractivity (Wildman–Crippen MR) is 82.8 cm³/mol. The molecule has 122 valence electrons. The fraction of sp³-hybridized carbons (Fsp3) is 0.786. The van der Waals surface area contributed by atoms with Crippen LogP contribution in [-0.4, -0.2) is 37.5 Å². The van der Waals surface area contributed by atoms with Crippen molar-refractivity contribution >= 4 is 10.0 Å². The van der Waals surface area contributed by atoms with Gasteiger partial charge in [0.1, 0.15) is 4.90 Å². The van der Waals surface area contributed by atoms with Gasteiger partial charge in [-0.1, -0.05) is 20.8 Å². The van der Waals surface area contributed by atoms with E-state index in [0.717, 1.165) is 0 Å². The number of hydrogen-bond acceptors (Lipinski definition) is 4. The van der Waals surface area contributed by atoms with Gasteiger partial charge < -0.3 is 4.74 Å². The zero-order chi connectivity index (χ0) is 16.3. The lowest BCUT2D eigenvalue weighted by atomic mass is 9.92. The first-order valence-corrected chi connectivity index (χ1v) is 8.68. The van der Waals surface area contributed by atoms with Crippen LogP contribution in [0.1, 0.15) is 46.7 Å². The minimum Gasteiger partial charge on any atom is -0.379 e. The Hall–Kier alpha value is -0.920. The van der Waals surface area contributed by atoms with Crippen LogP contribution >= 0.6 is 0 Å². The van der Waals surface area contributed by atoms with Gasteiger partial charge in [-0.05, 0) is 20.3 Å². The lowest BCUT2D eigenvalue weighted by molar-refractivity contribution is 0.0778. The van der Waals surface area contributed by atoms with E-state index in [1.807, 2.05) is 34.6 Å². The number of aromatic nitrogens is 2. The topological polar surface area (TPSA) is 73.2 Å². The molecule has 0 aliphatic carbocycles. The van der Waals surface area contributed by atoms with Gasteiger partial charge in [0.05, 0.1) is 11.8 Å². The maximum absolute atomic E-state index is 12.4. The third-order valence-electron chi connectivity index (χ3n) is 2.86. The zero-order valence-electron chi connectivity index (χ0n) is 13.8. The first-order valence-electron chi connectivity index (χ1n) is 7.19.